The number of likely N-dealkylation sites (N-methyl/N-ethyl adjacent to an activating group) is 1. The number of hydrogen-bond donors (Lipinski definition) is 1. The van der Waals surface area contributed by atoms with Gasteiger partial charge in [-0.3, -0.25) is 0 Å². The zero-order chi connectivity index (χ0) is 21.4. The highest BCUT2D eigenvalue weighted by Gasteiger charge is 2.20. The smallest absolute Gasteiger partial charge is 0.182 e. The Kier molecular flexibility index (Phi) is 5.16. The van der Waals surface area contributed by atoms with Gasteiger partial charge in [0, 0.05) is 47.8 Å². The molecule has 3 heterocycles. The third kappa shape index (κ3) is 3.91. The van der Waals surface area contributed by atoms with Gasteiger partial charge in [0.15, 0.2) is 9.84 Å². The third-order valence-corrected chi connectivity index (χ3v) is 7.76. The first-order valence-corrected chi connectivity index (χ1v) is 12.3. The number of benzene rings is 2. The van der Waals surface area contributed by atoms with Crippen LogP contribution in [-0.2, 0) is 15.6 Å². The summed E-state index contributed by atoms with van der Waals surface area (Å²) >= 11 is 0. The molecule has 0 amide bonds. The van der Waals surface area contributed by atoms with Gasteiger partial charge in [-0.05, 0) is 55.9 Å². The zero-order valence-corrected chi connectivity index (χ0v) is 18.4. The van der Waals surface area contributed by atoms with Crippen molar-refractivity contribution < 1.29 is 8.42 Å². The van der Waals surface area contributed by atoms with E-state index < -0.39 is 9.84 Å². The molecule has 0 saturated carbocycles. The summed E-state index contributed by atoms with van der Waals surface area (Å²) in [5.74, 6) is -0.0241. The van der Waals surface area contributed by atoms with Crippen LogP contribution in [0.1, 0.15) is 12.0 Å². The molecule has 2 aromatic carbocycles. The van der Waals surface area contributed by atoms with Crippen molar-refractivity contribution in [2.24, 2.45) is 0 Å². The van der Waals surface area contributed by atoms with Crippen LogP contribution in [0.5, 0.6) is 0 Å². The van der Waals surface area contributed by atoms with Crippen molar-refractivity contribution in [3.63, 3.8) is 0 Å². The molecule has 0 spiro atoms. The first kappa shape index (κ1) is 20.0. The lowest BCUT2D eigenvalue weighted by molar-refractivity contribution is 0.360. The molecule has 4 aromatic rings. The van der Waals surface area contributed by atoms with Crippen molar-refractivity contribution in [2.75, 3.05) is 38.1 Å². The Morgan fingerprint density at radius 1 is 1.00 bits per heavy atom. The number of nitrogens with zero attached hydrogens (tertiary/aromatic N) is 3. The Labute approximate surface area is 182 Å². The summed E-state index contributed by atoms with van der Waals surface area (Å²) in [6.07, 6.45) is 2.96. The molecule has 160 valence electrons. The monoisotopic (exact) mass is 434 g/mol. The van der Waals surface area contributed by atoms with Gasteiger partial charge in [-0.2, -0.15) is 0 Å². The zero-order valence-electron chi connectivity index (χ0n) is 17.6. The SMILES string of the molecule is CN1CCCN(c2ccnc3[nH]c4ccc(CS(=O)(=O)c5ccccc5)cc4c23)CC1. The van der Waals surface area contributed by atoms with Crippen LogP contribution in [0.3, 0.4) is 0 Å². The molecule has 1 aliphatic rings. The molecule has 0 unspecified atom stereocenters. The molecule has 5 rings (SSSR count). The number of hydrogen-bond acceptors (Lipinski definition) is 5. The Morgan fingerprint density at radius 2 is 1.84 bits per heavy atom. The fourth-order valence-corrected chi connectivity index (χ4v) is 5.77. The largest absolute Gasteiger partial charge is 0.370 e. The number of rotatable bonds is 4. The van der Waals surface area contributed by atoms with Crippen LogP contribution >= 0.6 is 0 Å². The molecule has 1 saturated heterocycles. The minimum absolute atomic E-state index is 0.0241. The molecule has 1 N–H and O–H groups in total. The summed E-state index contributed by atoms with van der Waals surface area (Å²) in [6.45, 7) is 4.08. The highest BCUT2D eigenvalue weighted by Crippen LogP contribution is 2.34. The molecule has 0 aliphatic carbocycles. The van der Waals surface area contributed by atoms with Gasteiger partial charge >= 0.3 is 0 Å². The molecule has 31 heavy (non-hydrogen) atoms. The first-order chi connectivity index (χ1) is 15.0. The molecule has 0 radical (unpaired) electrons. The van der Waals surface area contributed by atoms with Crippen molar-refractivity contribution in [1.82, 2.24) is 14.9 Å². The number of nitrogens with one attached hydrogen (secondary N) is 1. The minimum atomic E-state index is -3.40. The summed E-state index contributed by atoms with van der Waals surface area (Å²) in [4.78, 5) is 13.1. The summed E-state index contributed by atoms with van der Waals surface area (Å²) in [6, 6.07) is 16.6. The van der Waals surface area contributed by atoms with Gasteiger partial charge in [0.25, 0.3) is 0 Å². The van der Waals surface area contributed by atoms with E-state index in [1.54, 1.807) is 24.3 Å². The van der Waals surface area contributed by atoms with Crippen LogP contribution in [-0.4, -0.2) is 56.5 Å². The Balaban J connectivity index is 1.57. The van der Waals surface area contributed by atoms with Gasteiger partial charge in [0.1, 0.15) is 5.65 Å². The van der Waals surface area contributed by atoms with E-state index in [0.717, 1.165) is 65.8 Å². The molecular weight excluding hydrogens is 408 g/mol. The highest BCUT2D eigenvalue weighted by molar-refractivity contribution is 7.90. The van der Waals surface area contributed by atoms with Crippen molar-refractivity contribution >= 4 is 37.5 Å². The van der Waals surface area contributed by atoms with Gasteiger partial charge < -0.3 is 14.8 Å². The minimum Gasteiger partial charge on any atom is -0.370 e. The second-order valence-electron chi connectivity index (χ2n) is 8.27. The predicted molar refractivity (Wildman–Crippen MR) is 125 cm³/mol. The van der Waals surface area contributed by atoms with Crippen LogP contribution in [0.15, 0.2) is 65.7 Å². The van der Waals surface area contributed by atoms with E-state index in [0.29, 0.717) is 4.90 Å². The van der Waals surface area contributed by atoms with Crippen LogP contribution < -0.4 is 4.90 Å². The van der Waals surface area contributed by atoms with Gasteiger partial charge in [0.05, 0.1) is 10.6 Å². The van der Waals surface area contributed by atoms with Crippen molar-refractivity contribution in [1.29, 1.82) is 0 Å². The van der Waals surface area contributed by atoms with Crippen LogP contribution in [0.4, 0.5) is 5.69 Å². The average molecular weight is 435 g/mol. The van der Waals surface area contributed by atoms with Crippen LogP contribution in [0, 0.1) is 0 Å². The summed E-state index contributed by atoms with van der Waals surface area (Å²) in [5.41, 5.74) is 3.76. The van der Waals surface area contributed by atoms with Crippen molar-refractivity contribution in [3.05, 3.63) is 66.4 Å². The molecule has 0 atom stereocenters. The van der Waals surface area contributed by atoms with E-state index in [1.807, 2.05) is 30.5 Å². The molecule has 2 aromatic heterocycles. The lowest BCUT2D eigenvalue weighted by Gasteiger charge is -2.23. The van der Waals surface area contributed by atoms with Crippen LogP contribution in [0.2, 0.25) is 0 Å². The quantitative estimate of drug-likeness (QED) is 0.529. The number of fused-ring (bicyclic) bond motifs is 3. The number of anilines is 1. The molecule has 1 fully saturated rings. The maximum absolute atomic E-state index is 12.9. The van der Waals surface area contributed by atoms with Gasteiger partial charge in [-0.1, -0.05) is 24.3 Å². The van der Waals surface area contributed by atoms with E-state index in [1.165, 1.54) is 0 Å². The molecule has 0 bridgehead atoms. The molecule has 1 aliphatic heterocycles. The predicted octanol–water partition coefficient (Wildman–Crippen LogP) is 3.83. The summed E-state index contributed by atoms with van der Waals surface area (Å²) in [7, 11) is -1.24. The Morgan fingerprint density at radius 3 is 2.68 bits per heavy atom. The van der Waals surface area contributed by atoms with E-state index in [-0.39, 0.29) is 5.75 Å². The third-order valence-electron chi connectivity index (χ3n) is 6.05. The Hall–Kier alpha value is -2.90. The van der Waals surface area contributed by atoms with Gasteiger partial charge in [-0.15, -0.1) is 0 Å². The van der Waals surface area contributed by atoms with E-state index >= 15 is 0 Å². The maximum atomic E-state index is 12.9. The topological polar surface area (TPSA) is 69.3 Å². The first-order valence-electron chi connectivity index (χ1n) is 10.6. The number of H-pyrrole nitrogens is 1. The number of sulfone groups is 1. The second kappa shape index (κ2) is 7.98. The standard InChI is InChI=1S/C24H26N4O2S/c1-27-12-5-13-28(15-14-27)22-10-11-25-24-23(22)20-16-18(8-9-21(20)26-24)17-31(29,30)19-6-3-2-4-7-19/h2-4,6-11,16H,5,12-15,17H2,1H3,(H,25,26). The van der Waals surface area contributed by atoms with Gasteiger partial charge in [-0.25, -0.2) is 13.4 Å². The molecular formula is C24H26N4O2S. The Bertz CT molecular complexity index is 1330. The average Bonchev–Trinajstić information content (AvgIpc) is 3.00. The number of aromatic nitrogens is 2. The summed E-state index contributed by atoms with van der Waals surface area (Å²) in [5, 5.41) is 2.09. The molecule has 7 heteroatoms. The van der Waals surface area contributed by atoms with E-state index in [2.05, 4.69) is 32.9 Å². The lowest BCUT2D eigenvalue weighted by Crippen LogP contribution is -2.28. The lowest BCUT2D eigenvalue weighted by atomic mass is 10.1. The number of pyridine rings is 1. The van der Waals surface area contributed by atoms with E-state index in [4.69, 9.17) is 0 Å². The normalized spacial score (nSPS) is 16.1. The maximum Gasteiger partial charge on any atom is 0.182 e. The fourth-order valence-electron chi connectivity index (χ4n) is 4.42. The molecule has 6 nitrogen and oxygen atoms in total. The summed E-state index contributed by atoms with van der Waals surface area (Å²) < 4.78 is 25.8. The highest BCUT2D eigenvalue weighted by atomic mass is 32.2. The fraction of sp³-hybridized carbons (Fsp3) is 0.292. The van der Waals surface area contributed by atoms with Crippen molar-refractivity contribution in [3.8, 4) is 0 Å². The van der Waals surface area contributed by atoms with Crippen LogP contribution in [0.25, 0.3) is 21.9 Å². The number of aromatic amines is 1. The second-order valence-corrected chi connectivity index (χ2v) is 10.3. The van der Waals surface area contributed by atoms with E-state index in [9.17, 15) is 8.42 Å². The van der Waals surface area contributed by atoms with Crippen molar-refractivity contribution in [2.45, 2.75) is 17.1 Å². The van der Waals surface area contributed by atoms with Gasteiger partial charge in [0.2, 0.25) is 0 Å².